The van der Waals surface area contributed by atoms with E-state index < -0.39 is 6.10 Å². The molecule has 0 aliphatic rings. The number of ether oxygens (including phenoxy) is 3. The number of esters is 3. The molecule has 0 saturated heterocycles. The van der Waals surface area contributed by atoms with E-state index in [0.29, 0.717) is 19.3 Å². The van der Waals surface area contributed by atoms with Crippen molar-refractivity contribution in [1.29, 1.82) is 0 Å². The molecule has 0 aliphatic heterocycles. The van der Waals surface area contributed by atoms with Gasteiger partial charge in [-0.05, 0) is 25.2 Å². The molecule has 0 saturated carbocycles. The lowest BCUT2D eigenvalue weighted by Gasteiger charge is -2.18. The number of hydrogen-bond donors (Lipinski definition) is 0. The predicted molar refractivity (Wildman–Crippen MR) is 247 cm³/mol. The van der Waals surface area contributed by atoms with Gasteiger partial charge in [-0.15, -0.1) is 0 Å². The van der Waals surface area contributed by atoms with Crippen LogP contribution in [0.4, 0.5) is 0 Å². The largest absolute Gasteiger partial charge is 0.462 e. The van der Waals surface area contributed by atoms with Crippen molar-refractivity contribution < 1.29 is 28.6 Å². The second-order valence-electron chi connectivity index (χ2n) is 18.1. The van der Waals surface area contributed by atoms with Crippen LogP contribution in [0.3, 0.4) is 0 Å². The third-order valence-electron chi connectivity index (χ3n) is 12.2. The van der Waals surface area contributed by atoms with E-state index in [-0.39, 0.29) is 31.1 Å². The Balaban J connectivity index is 4.25. The Morgan fingerprint density at radius 2 is 0.603 bits per heavy atom. The van der Waals surface area contributed by atoms with Crippen LogP contribution < -0.4 is 0 Å². The molecular formula is C52H100O6. The summed E-state index contributed by atoms with van der Waals surface area (Å²) in [5.41, 5.74) is 0. The van der Waals surface area contributed by atoms with Gasteiger partial charge >= 0.3 is 17.9 Å². The van der Waals surface area contributed by atoms with Gasteiger partial charge in [-0.1, -0.05) is 252 Å². The van der Waals surface area contributed by atoms with E-state index in [4.69, 9.17) is 14.2 Å². The molecule has 6 nitrogen and oxygen atoms in total. The van der Waals surface area contributed by atoms with Crippen LogP contribution in [-0.2, 0) is 28.6 Å². The molecule has 1 unspecified atom stereocenters. The fourth-order valence-corrected chi connectivity index (χ4v) is 7.83. The van der Waals surface area contributed by atoms with Gasteiger partial charge in [0.05, 0.1) is 0 Å². The van der Waals surface area contributed by atoms with Crippen LogP contribution in [0.1, 0.15) is 291 Å². The van der Waals surface area contributed by atoms with Crippen molar-refractivity contribution in [3.05, 3.63) is 0 Å². The maximum Gasteiger partial charge on any atom is 0.306 e. The van der Waals surface area contributed by atoms with Gasteiger partial charge in [-0.2, -0.15) is 0 Å². The molecule has 0 fully saturated rings. The average Bonchev–Trinajstić information content (AvgIpc) is 3.22. The molecule has 344 valence electrons. The SMILES string of the molecule is CCCCCCCCCCCCCC(=O)OC[C@@H](COC(=O)CCCCCCCCCCCCCCCCC(C)CC)OC(=O)CCCCCCCCCCCCC. The van der Waals surface area contributed by atoms with Crippen LogP contribution in [0.25, 0.3) is 0 Å². The molecule has 0 N–H and O–H groups in total. The molecule has 0 aliphatic carbocycles. The quantitative estimate of drug-likeness (QED) is 0.0346. The van der Waals surface area contributed by atoms with Crippen molar-refractivity contribution in [3.8, 4) is 0 Å². The van der Waals surface area contributed by atoms with Crippen molar-refractivity contribution in [3.63, 3.8) is 0 Å². The lowest BCUT2D eigenvalue weighted by Crippen LogP contribution is -2.30. The monoisotopic (exact) mass is 821 g/mol. The zero-order valence-electron chi connectivity index (χ0n) is 39.5. The lowest BCUT2D eigenvalue weighted by molar-refractivity contribution is -0.167. The Labute approximate surface area is 361 Å². The van der Waals surface area contributed by atoms with Crippen LogP contribution in [0, 0.1) is 5.92 Å². The van der Waals surface area contributed by atoms with Gasteiger partial charge in [0.25, 0.3) is 0 Å². The van der Waals surface area contributed by atoms with Crippen molar-refractivity contribution in [1.82, 2.24) is 0 Å². The van der Waals surface area contributed by atoms with Gasteiger partial charge in [0.2, 0.25) is 0 Å². The maximum absolute atomic E-state index is 12.7. The molecule has 0 rings (SSSR count). The molecule has 0 aromatic rings. The second kappa shape index (κ2) is 46.5. The van der Waals surface area contributed by atoms with E-state index in [2.05, 4.69) is 27.7 Å². The van der Waals surface area contributed by atoms with Gasteiger partial charge in [0.1, 0.15) is 13.2 Å². The summed E-state index contributed by atoms with van der Waals surface area (Å²) < 4.78 is 16.8. The highest BCUT2D eigenvalue weighted by atomic mass is 16.6. The first kappa shape index (κ1) is 56.4. The highest BCUT2D eigenvalue weighted by Gasteiger charge is 2.19. The molecule has 6 heteroatoms. The third-order valence-corrected chi connectivity index (χ3v) is 12.2. The maximum atomic E-state index is 12.7. The van der Waals surface area contributed by atoms with Crippen molar-refractivity contribution in [2.75, 3.05) is 13.2 Å². The van der Waals surface area contributed by atoms with E-state index >= 15 is 0 Å². The molecule has 0 aromatic carbocycles. The fourth-order valence-electron chi connectivity index (χ4n) is 7.83. The molecule has 0 bridgehead atoms. The van der Waals surface area contributed by atoms with Gasteiger partial charge in [0.15, 0.2) is 6.10 Å². The van der Waals surface area contributed by atoms with Gasteiger partial charge in [-0.3, -0.25) is 14.4 Å². The lowest BCUT2D eigenvalue weighted by atomic mass is 9.99. The minimum Gasteiger partial charge on any atom is -0.462 e. The third kappa shape index (κ3) is 44.0. The molecule has 0 amide bonds. The van der Waals surface area contributed by atoms with Gasteiger partial charge < -0.3 is 14.2 Å². The Hall–Kier alpha value is -1.59. The predicted octanol–water partition coefficient (Wildman–Crippen LogP) is 16.7. The summed E-state index contributed by atoms with van der Waals surface area (Å²) in [5.74, 6) is 0.0501. The van der Waals surface area contributed by atoms with Gasteiger partial charge in [-0.25, -0.2) is 0 Å². The van der Waals surface area contributed by atoms with Crippen molar-refractivity contribution in [2.45, 2.75) is 297 Å². The summed E-state index contributed by atoms with van der Waals surface area (Å²) >= 11 is 0. The normalized spacial score (nSPS) is 12.4. The Morgan fingerprint density at radius 1 is 0.345 bits per heavy atom. The molecule has 0 aromatic heterocycles. The van der Waals surface area contributed by atoms with E-state index in [1.165, 1.54) is 186 Å². The smallest absolute Gasteiger partial charge is 0.306 e. The van der Waals surface area contributed by atoms with Crippen LogP contribution >= 0.6 is 0 Å². The van der Waals surface area contributed by atoms with Crippen molar-refractivity contribution in [2.24, 2.45) is 5.92 Å². The minimum atomic E-state index is -0.759. The first-order chi connectivity index (χ1) is 28.4. The van der Waals surface area contributed by atoms with E-state index in [9.17, 15) is 14.4 Å². The summed E-state index contributed by atoms with van der Waals surface area (Å²) in [6.45, 7) is 9.06. The zero-order valence-corrected chi connectivity index (χ0v) is 39.5. The van der Waals surface area contributed by atoms with Gasteiger partial charge in [0, 0.05) is 19.3 Å². The summed E-state index contributed by atoms with van der Waals surface area (Å²) in [6.07, 6.45) is 47.9. The van der Waals surface area contributed by atoms with Crippen LogP contribution in [0.2, 0.25) is 0 Å². The first-order valence-electron chi connectivity index (χ1n) is 25.9. The summed E-state index contributed by atoms with van der Waals surface area (Å²) in [5, 5.41) is 0. The van der Waals surface area contributed by atoms with E-state index in [1.54, 1.807) is 0 Å². The molecule has 0 heterocycles. The van der Waals surface area contributed by atoms with Crippen LogP contribution in [0.15, 0.2) is 0 Å². The minimum absolute atomic E-state index is 0.0627. The second-order valence-corrected chi connectivity index (χ2v) is 18.1. The first-order valence-corrected chi connectivity index (χ1v) is 25.9. The van der Waals surface area contributed by atoms with Crippen molar-refractivity contribution >= 4 is 17.9 Å². The number of carbonyl (C=O) groups is 3. The topological polar surface area (TPSA) is 78.9 Å². The summed E-state index contributed by atoms with van der Waals surface area (Å²) in [7, 11) is 0. The fraction of sp³-hybridized carbons (Fsp3) is 0.942. The molecular weight excluding hydrogens is 721 g/mol. The zero-order chi connectivity index (χ0) is 42.4. The number of hydrogen-bond acceptors (Lipinski definition) is 6. The molecule has 0 radical (unpaired) electrons. The number of carbonyl (C=O) groups excluding carboxylic acids is 3. The number of rotatable bonds is 47. The molecule has 0 spiro atoms. The average molecular weight is 821 g/mol. The molecule has 58 heavy (non-hydrogen) atoms. The molecule has 2 atom stereocenters. The Bertz CT molecular complexity index is 874. The van der Waals surface area contributed by atoms with Crippen LogP contribution in [0.5, 0.6) is 0 Å². The highest BCUT2D eigenvalue weighted by molar-refractivity contribution is 5.71. The Morgan fingerprint density at radius 3 is 0.897 bits per heavy atom. The highest BCUT2D eigenvalue weighted by Crippen LogP contribution is 2.18. The Kier molecular flexibility index (Phi) is 45.2. The standard InChI is InChI=1S/C52H100O6/c1-5-8-10-12-14-16-22-27-31-35-39-43-50(53)56-46-49(58-52(55)45-41-37-33-29-23-17-15-13-11-9-6-2)47-57-51(54)44-40-36-32-28-25-21-19-18-20-24-26-30-34-38-42-48(4)7-3/h48-49H,5-47H2,1-4H3/t48?,49-/m0/s1. The van der Waals surface area contributed by atoms with Crippen LogP contribution in [-0.4, -0.2) is 37.2 Å². The van der Waals surface area contributed by atoms with E-state index in [0.717, 1.165) is 63.7 Å². The summed E-state index contributed by atoms with van der Waals surface area (Å²) in [6, 6.07) is 0. The van der Waals surface area contributed by atoms with E-state index in [1.807, 2.05) is 0 Å². The number of unbranched alkanes of at least 4 members (excludes halogenated alkanes) is 33. The summed E-state index contributed by atoms with van der Waals surface area (Å²) in [4.78, 5) is 37.9.